The number of benzene rings is 1. The summed E-state index contributed by atoms with van der Waals surface area (Å²) in [7, 11) is 0. The first-order chi connectivity index (χ1) is 8.59. The average Bonchev–Trinajstić information content (AvgIpc) is 2.64. The molecule has 1 saturated carbocycles. The first-order valence-electron chi connectivity index (χ1n) is 5.99. The third-order valence-corrected chi connectivity index (χ3v) is 4.55. The van der Waals surface area contributed by atoms with Crippen molar-refractivity contribution in [3.05, 3.63) is 33.9 Å². The maximum Gasteiger partial charge on any atom is 0.275 e. The maximum absolute atomic E-state index is 13.8. The Morgan fingerprint density at radius 2 is 1.58 bits per heavy atom. The Bertz CT molecular complexity index is 519. The molecule has 0 aromatic heterocycles. The van der Waals surface area contributed by atoms with Crippen LogP contribution in [0.2, 0.25) is 0 Å². The number of nitro benzene ring substituents is 1. The van der Waals surface area contributed by atoms with Gasteiger partial charge in [0, 0.05) is 6.04 Å². The summed E-state index contributed by atoms with van der Waals surface area (Å²) in [6, 6.07) is 1.38. The Morgan fingerprint density at radius 1 is 1.16 bits per heavy atom. The Balaban J connectivity index is 2.31. The van der Waals surface area contributed by atoms with Gasteiger partial charge in [-0.15, -0.1) is 0 Å². The van der Waals surface area contributed by atoms with Gasteiger partial charge in [-0.25, -0.2) is 8.78 Å². The SMILES string of the molecule is CC1(C)C(Nc2c(F)cc([N+](=O)[O-])cc2F)C1(C)C. The summed E-state index contributed by atoms with van der Waals surface area (Å²) in [5.41, 5.74) is -1.06. The van der Waals surface area contributed by atoms with E-state index in [1.807, 2.05) is 27.7 Å². The van der Waals surface area contributed by atoms with Crippen LogP contribution in [0.4, 0.5) is 20.2 Å². The largest absolute Gasteiger partial charge is 0.376 e. The highest BCUT2D eigenvalue weighted by Gasteiger charge is 2.65. The van der Waals surface area contributed by atoms with E-state index in [0.29, 0.717) is 0 Å². The summed E-state index contributed by atoms with van der Waals surface area (Å²) >= 11 is 0. The summed E-state index contributed by atoms with van der Waals surface area (Å²) in [5, 5.41) is 13.3. The Hall–Kier alpha value is -1.72. The lowest BCUT2D eigenvalue weighted by Crippen LogP contribution is -2.13. The highest BCUT2D eigenvalue weighted by Crippen LogP contribution is 2.63. The van der Waals surface area contributed by atoms with Crippen LogP contribution in [-0.2, 0) is 0 Å². The van der Waals surface area contributed by atoms with Crippen molar-refractivity contribution in [1.82, 2.24) is 0 Å². The lowest BCUT2D eigenvalue weighted by molar-refractivity contribution is -0.385. The van der Waals surface area contributed by atoms with Gasteiger partial charge in [0.2, 0.25) is 0 Å². The Kier molecular flexibility index (Phi) is 2.80. The molecule has 0 aliphatic heterocycles. The van der Waals surface area contributed by atoms with Crippen LogP contribution >= 0.6 is 0 Å². The molecule has 0 radical (unpaired) electrons. The predicted molar refractivity (Wildman–Crippen MR) is 68.0 cm³/mol. The number of rotatable bonds is 3. The van der Waals surface area contributed by atoms with Crippen LogP contribution in [0.1, 0.15) is 27.7 Å². The highest BCUT2D eigenvalue weighted by atomic mass is 19.1. The van der Waals surface area contributed by atoms with Crippen molar-refractivity contribution < 1.29 is 13.7 Å². The van der Waals surface area contributed by atoms with Gasteiger partial charge >= 0.3 is 0 Å². The van der Waals surface area contributed by atoms with Gasteiger partial charge in [-0.3, -0.25) is 10.1 Å². The fraction of sp³-hybridized carbons (Fsp3) is 0.538. The van der Waals surface area contributed by atoms with Crippen LogP contribution in [0.5, 0.6) is 0 Å². The quantitative estimate of drug-likeness (QED) is 0.672. The Morgan fingerprint density at radius 3 is 1.89 bits per heavy atom. The molecule has 1 N–H and O–H groups in total. The van der Waals surface area contributed by atoms with E-state index in [0.717, 1.165) is 12.1 Å². The normalized spacial score (nSPS) is 20.1. The van der Waals surface area contributed by atoms with Gasteiger partial charge in [-0.05, 0) is 10.8 Å². The fourth-order valence-electron chi connectivity index (χ4n) is 2.50. The predicted octanol–water partition coefficient (Wildman–Crippen LogP) is 3.72. The molecule has 0 unspecified atom stereocenters. The minimum atomic E-state index is -0.940. The van der Waals surface area contributed by atoms with Crippen molar-refractivity contribution in [2.45, 2.75) is 33.7 Å². The molecule has 6 heteroatoms. The molecule has 0 bridgehead atoms. The first kappa shape index (κ1) is 13.7. The molecule has 0 heterocycles. The lowest BCUT2D eigenvalue weighted by atomic mass is 10.0. The number of nitrogens with one attached hydrogen (secondary N) is 1. The van der Waals surface area contributed by atoms with E-state index >= 15 is 0 Å². The molecular formula is C13H16F2N2O2. The number of nitro groups is 1. The monoisotopic (exact) mass is 270 g/mol. The van der Waals surface area contributed by atoms with Crippen molar-refractivity contribution in [2.24, 2.45) is 10.8 Å². The van der Waals surface area contributed by atoms with Gasteiger partial charge in [0.1, 0.15) is 5.69 Å². The maximum atomic E-state index is 13.8. The van der Waals surface area contributed by atoms with Gasteiger partial charge < -0.3 is 5.32 Å². The van der Waals surface area contributed by atoms with Gasteiger partial charge in [0.25, 0.3) is 5.69 Å². The summed E-state index contributed by atoms with van der Waals surface area (Å²) < 4.78 is 27.5. The molecule has 4 nitrogen and oxygen atoms in total. The smallest absolute Gasteiger partial charge is 0.275 e. The second kappa shape index (κ2) is 3.88. The van der Waals surface area contributed by atoms with E-state index in [4.69, 9.17) is 0 Å². The fourth-order valence-corrected chi connectivity index (χ4v) is 2.50. The molecule has 0 atom stereocenters. The van der Waals surface area contributed by atoms with Crippen molar-refractivity contribution in [1.29, 1.82) is 0 Å². The van der Waals surface area contributed by atoms with E-state index in [2.05, 4.69) is 5.32 Å². The molecule has 0 saturated heterocycles. The number of halogens is 2. The van der Waals surface area contributed by atoms with Crippen LogP contribution in [0, 0.1) is 32.6 Å². The minimum Gasteiger partial charge on any atom is -0.376 e. The summed E-state index contributed by atoms with van der Waals surface area (Å²) in [5.74, 6) is -1.88. The number of anilines is 1. The molecule has 1 aromatic carbocycles. The van der Waals surface area contributed by atoms with Crippen LogP contribution in [-0.4, -0.2) is 11.0 Å². The van der Waals surface area contributed by atoms with E-state index in [1.165, 1.54) is 0 Å². The van der Waals surface area contributed by atoms with Crippen molar-refractivity contribution in [3.8, 4) is 0 Å². The molecular weight excluding hydrogens is 254 g/mol. The minimum absolute atomic E-state index is 0.0783. The number of hydrogen-bond donors (Lipinski definition) is 1. The number of nitrogens with zero attached hydrogens (tertiary/aromatic N) is 1. The average molecular weight is 270 g/mol. The second-order valence-corrected chi connectivity index (χ2v) is 6.06. The van der Waals surface area contributed by atoms with Crippen molar-refractivity contribution in [2.75, 3.05) is 5.32 Å². The van der Waals surface area contributed by atoms with Crippen LogP contribution in [0.25, 0.3) is 0 Å². The standard InChI is InChI=1S/C13H16F2N2O2/c1-12(2)11(13(12,3)4)16-10-8(14)5-7(17(18)19)6-9(10)15/h5-6,11,16H,1-4H3. The topological polar surface area (TPSA) is 55.2 Å². The molecule has 104 valence electrons. The van der Waals surface area contributed by atoms with Gasteiger partial charge in [0.05, 0.1) is 17.1 Å². The molecule has 1 aliphatic carbocycles. The second-order valence-electron chi connectivity index (χ2n) is 6.06. The van der Waals surface area contributed by atoms with Gasteiger partial charge in [-0.1, -0.05) is 27.7 Å². The molecule has 1 aliphatic rings. The molecule has 1 aromatic rings. The summed E-state index contributed by atoms with van der Waals surface area (Å²) in [6.45, 7) is 8.02. The third kappa shape index (κ3) is 1.95. The zero-order chi connectivity index (χ0) is 14.6. The van der Waals surface area contributed by atoms with Crippen molar-refractivity contribution >= 4 is 11.4 Å². The molecule has 19 heavy (non-hydrogen) atoms. The Labute approximate surface area is 110 Å². The molecule has 2 rings (SSSR count). The van der Waals surface area contributed by atoms with E-state index in [1.54, 1.807) is 0 Å². The van der Waals surface area contributed by atoms with Crippen LogP contribution < -0.4 is 5.32 Å². The van der Waals surface area contributed by atoms with E-state index in [9.17, 15) is 18.9 Å². The van der Waals surface area contributed by atoms with Crippen molar-refractivity contribution in [3.63, 3.8) is 0 Å². The molecule has 0 spiro atoms. The molecule has 0 amide bonds. The number of non-ortho nitro benzene ring substituents is 1. The third-order valence-electron chi connectivity index (χ3n) is 4.55. The lowest BCUT2D eigenvalue weighted by Gasteiger charge is -2.10. The van der Waals surface area contributed by atoms with E-state index < -0.39 is 22.2 Å². The number of hydrogen-bond acceptors (Lipinski definition) is 3. The zero-order valence-corrected chi connectivity index (χ0v) is 11.3. The first-order valence-corrected chi connectivity index (χ1v) is 5.99. The zero-order valence-electron chi connectivity index (χ0n) is 11.3. The highest BCUT2D eigenvalue weighted by molar-refractivity contribution is 5.54. The van der Waals surface area contributed by atoms with Gasteiger partial charge in [-0.2, -0.15) is 0 Å². The molecule has 1 fully saturated rings. The summed E-state index contributed by atoms with van der Waals surface area (Å²) in [6.07, 6.45) is 0. The van der Waals surface area contributed by atoms with E-state index in [-0.39, 0.29) is 22.6 Å². The summed E-state index contributed by atoms with van der Waals surface area (Å²) in [4.78, 5) is 9.69. The van der Waals surface area contributed by atoms with Gasteiger partial charge in [0.15, 0.2) is 11.6 Å². The van der Waals surface area contributed by atoms with Crippen LogP contribution in [0.3, 0.4) is 0 Å². The van der Waals surface area contributed by atoms with Crippen LogP contribution in [0.15, 0.2) is 12.1 Å².